The average molecular weight is 518 g/mol. The first-order chi connectivity index (χ1) is 18.0. The number of para-hydroxylation sites is 1. The predicted octanol–water partition coefficient (Wildman–Crippen LogP) is 4.51. The molecule has 0 atom stereocenters. The fourth-order valence-corrected chi connectivity index (χ4v) is 4.31. The lowest BCUT2D eigenvalue weighted by atomic mass is 10.1. The Morgan fingerprint density at radius 3 is 2.41 bits per heavy atom. The minimum absolute atomic E-state index is 0.0920. The van der Waals surface area contributed by atoms with E-state index in [2.05, 4.69) is 20.7 Å². The van der Waals surface area contributed by atoms with E-state index < -0.39 is 0 Å². The van der Waals surface area contributed by atoms with Crippen LogP contribution in [0.3, 0.4) is 0 Å². The van der Waals surface area contributed by atoms with E-state index in [9.17, 15) is 4.79 Å². The zero-order valence-electron chi connectivity index (χ0n) is 21.0. The molecule has 10 heteroatoms. The van der Waals surface area contributed by atoms with Gasteiger partial charge in [-0.1, -0.05) is 47.7 Å². The first-order valence-electron chi connectivity index (χ1n) is 11.4. The van der Waals surface area contributed by atoms with E-state index >= 15 is 0 Å². The number of hydrogen-bond acceptors (Lipinski definition) is 8. The molecule has 1 aromatic heterocycles. The second-order valence-corrected chi connectivity index (χ2v) is 8.81. The second-order valence-electron chi connectivity index (χ2n) is 7.87. The smallest absolute Gasteiger partial charge is 0.250 e. The lowest BCUT2D eigenvalue weighted by Crippen LogP contribution is -2.20. The van der Waals surface area contributed by atoms with E-state index in [1.54, 1.807) is 27.4 Å². The number of ether oxygens (including phenoxy) is 3. The van der Waals surface area contributed by atoms with Crippen LogP contribution in [0.25, 0.3) is 17.1 Å². The van der Waals surface area contributed by atoms with Crippen molar-refractivity contribution in [3.05, 3.63) is 77.9 Å². The van der Waals surface area contributed by atoms with Crippen molar-refractivity contribution in [1.82, 2.24) is 20.2 Å². The molecule has 37 heavy (non-hydrogen) atoms. The molecule has 1 heterocycles. The highest BCUT2D eigenvalue weighted by Crippen LogP contribution is 2.30. The van der Waals surface area contributed by atoms with Gasteiger partial charge in [-0.2, -0.15) is 5.10 Å². The molecule has 4 aromatic rings. The van der Waals surface area contributed by atoms with Gasteiger partial charge in [0.25, 0.3) is 5.91 Å². The number of aryl methyl sites for hydroxylation is 1. The molecule has 0 aliphatic carbocycles. The van der Waals surface area contributed by atoms with Crippen molar-refractivity contribution in [3.8, 4) is 34.3 Å². The molecule has 4 rings (SSSR count). The molecule has 0 spiro atoms. The number of hydrogen-bond donors (Lipinski definition) is 1. The van der Waals surface area contributed by atoms with E-state index in [0.717, 1.165) is 22.6 Å². The fraction of sp³-hybridized carbons (Fsp3) is 0.185. The van der Waals surface area contributed by atoms with E-state index in [-0.39, 0.29) is 11.7 Å². The van der Waals surface area contributed by atoms with Gasteiger partial charge in [-0.3, -0.25) is 9.36 Å². The Bertz CT molecular complexity index is 1390. The maximum absolute atomic E-state index is 12.6. The van der Waals surface area contributed by atoms with Crippen LogP contribution in [0, 0.1) is 6.92 Å². The van der Waals surface area contributed by atoms with Gasteiger partial charge in [0.1, 0.15) is 5.75 Å². The zero-order chi connectivity index (χ0) is 26.2. The molecule has 190 valence electrons. The molecule has 0 radical (unpaired) electrons. The molecule has 3 aromatic carbocycles. The zero-order valence-corrected chi connectivity index (χ0v) is 21.8. The van der Waals surface area contributed by atoms with Crippen molar-refractivity contribution in [1.29, 1.82) is 0 Å². The summed E-state index contributed by atoms with van der Waals surface area (Å²) < 4.78 is 17.9. The molecule has 1 N–H and O–H groups in total. The van der Waals surface area contributed by atoms with Crippen molar-refractivity contribution in [3.63, 3.8) is 0 Å². The largest absolute Gasteiger partial charge is 0.497 e. The van der Waals surface area contributed by atoms with Crippen molar-refractivity contribution in [2.45, 2.75) is 12.1 Å². The summed E-state index contributed by atoms with van der Waals surface area (Å²) in [6.45, 7) is 2.03. The van der Waals surface area contributed by atoms with Gasteiger partial charge in [0, 0.05) is 16.8 Å². The molecule has 9 nitrogen and oxygen atoms in total. The number of hydrazone groups is 1. The number of aromatic nitrogens is 3. The lowest BCUT2D eigenvalue weighted by Gasteiger charge is -2.11. The quantitative estimate of drug-likeness (QED) is 0.188. The normalized spacial score (nSPS) is 10.9. The summed E-state index contributed by atoms with van der Waals surface area (Å²) >= 11 is 1.27. The monoisotopic (exact) mass is 517 g/mol. The topological polar surface area (TPSA) is 99.9 Å². The second kappa shape index (κ2) is 12.1. The number of carbonyl (C=O) groups is 1. The summed E-state index contributed by atoms with van der Waals surface area (Å²) in [7, 11) is 4.74. The minimum atomic E-state index is -0.288. The highest BCUT2D eigenvalue weighted by Gasteiger charge is 2.17. The Balaban J connectivity index is 1.51. The third-order valence-corrected chi connectivity index (χ3v) is 6.36. The molecule has 0 saturated carbocycles. The molecular formula is C27H27N5O4S. The number of carbonyl (C=O) groups excluding carboxylic acids is 1. The van der Waals surface area contributed by atoms with Crippen LogP contribution in [0.15, 0.2) is 77.0 Å². The predicted molar refractivity (Wildman–Crippen MR) is 144 cm³/mol. The molecule has 1 amide bonds. The Kier molecular flexibility index (Phi) is 8.42. The number of thioether (sulfide) groups is 1. The maximum Gasteiger partial charge on any atom is 0.250 e. The van der Waals surface area contributed by atoms with E-state index in [1.165, 1.54) is 18.0 Å². The van der Waals surface area contributed by atoms with Gasteiger partial charge < -0.3 is 14.2 Å². The molecule has 0 saturated heterocycles. The Morgan fingerprint density at radius 2 is 1.73 bits per heavy atom. The van der Waals surface area contributed by atoms with Crippen molar-refractivity contribution in [2.75, 3.05) is 27.1 Å². The molecule has 0 aliphatic heterocycles. The summed E-state index contributed by atoms with van der Waals surface area (Å²) in [5.74, 6) is 2.34. The molecule has 0 fully saturated rings. The number of rotatable bonds is 10. The number of methoxy groups -OCH3 is 3. The first-order valence-corrected chi connectivity index (χ1v) is 12.3. The van der Waals surface area contributed by atoms with Gasteiger partial charge in [-0.15, -0.1) is 10.2 Å². The van der Waals surface area contributed by atoms with Crippen LogP contribution in [0.5, 0.6) is 17.2 Å². The van der Waals surface area contributed by atoms with Crippen molar-refractivity contribution >= 4 is 23.9 Å². The van der Waals surface area contributed by atoms with Crippen molar-refractivity contribution < 1.29 is 19.0 Å². The Labute approximate surface area is 219 Å². The van der Waals surface area contributed by atoms with E-state index in [0.29, 0.717) is 28.0 Å². The summed E-state index contributed by atoms with van der Waals surface area (Å²) in [5, 5.41) is 13.4. The van der Waals surface area contributed by atoms with Crippen LogP contribution in [0.4, 0.5) is 0 Å². The van der Waals surface area contributed by atoms with Gasteiger partial charge in [0.05, 0.1) is 33.3 Å². The van der Waals surface area contributed by atoms with Gasteiger partial charge in [-0.05, 0) is 43.3 Å². The number of benzene rings is 3. The third kappa shape index (κ3) is 6.10. The van der Waals surface area contributed by atoms with E-state index in [1.807, 2.05) is 72.2 Å². The molecule has 0 aliphatic rings. The van der Waals surface area contributed by atoms with Gasteiger partial charge >= 0.3 is 0 Å². The van der Waals surface area contributed by atoms with Crippen LogP contribution in [-0.2, 0) is 4.79 Å². The SMILES string of the molecule is COc1ccc(-n2c(SCC(=O)NN=Cc3cccc(OC)c3OC)nnc2-c2ccc(C)cc2)cc1. The number of nitrogens with one attached hydrogen (secondary N) is 1. The average Bonchev–Trinajstić information content (AvgIpc) is 3.36. The Morgan fingerprint density at radius 1 is 0.973 bits per heavy atom. The summed E-state index contributed by atoms with van der Waals surface area (Å²) in [6.07, 6.45) is 1.51. The van der Waals surface area contributed by atoms with Crippen LogP contribution in [0.2, 0.25) is 0 Å². The summed E-state index contributed by atoms with van der Waals surface area (Å²) in [5.41, 5.74) is 6.15. The third-order valence-electron chi connectivity index (χ3n) is 5.43. The highest BCUT2D eigenvalue weighted by molar-refractivity contribution is 7.99. The first kappa shape index (κ1) is 25.8. The van der Waals surface area contributed by atoms with Crippen LogP contribution in [-0.4, -0.2) is 54.0 Å². The molecular weight excluding hydrogens is 490 g/mol. The number of amides is 1. The summed E-state index contributed by atoms with van der Waals surface area (Å²) in [6, 6.07) is 21.1. The summed E-state index contributed by atoms with van der Waals surface area (Å²) in [4.78, 5) is 12.6. The number of nitrogens with zero attached hydrogens (tertiary/aromatic N) is 4. The highest BCUT2D eigenvalue weighted by atomic mass is 32.2. The van der Waals surface area contributed by atoms with Crippen molar-refractivity contribution in [2.24, 2.45) is 5.10 Å². The van der Waals surface area contributed by atoms with Gasteiger partial charge in [0.2, 0.25) is 0 Å². The van der Waals surface area contributed by atoms with Crippen LogP contribution >= 0.6 is 11.8 Å². The fourth-order valence-electron chi connectivity index (χ4n) is 3.57. The van der Waals surface area contributed by atoms with E-state index in [4.69, 9.17) is 14.2 Å². The standard InChI is InChI=1S/C27H27N5O4S/c1-18-8-10-19(11-9-18)26-30-31-27(32(26)21-12-14-22(34-2)15-13-21)37-17-24(33)29-28-16-20-6-5-7-23(35-3)25(20)36-4/h5-16H,17H2,1-4H3,(H,29,33). The van der Waals surface area contributed by atoms with Gasteiger partial charge in [0.15, 0.2) is 22.5 Å². The molecule has 0 unspecified atom stereocenters. The van der Waals surface area contributed by atoms with Gasteiger partial charge in [-0.25, -0.2) is 5.43 Å². The molecule has 0 bridgehead atoms. The maximum atomic E-state index is 12.6. The van der Waals surface area contributed by atoms with Crippen LogP contribution in [0.1, 0.15) is 11.1 Å². The van der Waals surface area contributed by atoms with Crippen LogP contribution < -0.4 is 19.6 Å². The lowest BCUT2D eigenvalue weighted by molar-refractivity contribution is -0.118. The Hall–Kier alpha value is -4.31. The minimum Gasteiger partial charge on any atom is -0.497 e.